The van der Waals surface area contributed by atoms with Crippen molar-refractivity contribution in [2.75, 3.05) is 13.1 Å². The van der Waals surface area contributed by atoms with Gasteiger partial charge in [0.15, 0.2) is 0 Å². The van der Waals surface area contributed by atoms with E-state index in [0.29, 0.717) is 6.42 Å². The molecule has 2 unspecified atom stereocenters. The average molecular weight is 329 g/mol. The first-order valence-corrected chi connectivity index (χ1v) is 9.22. The van der Waals surface area contributed by atoms with Crippen molar-refractivity contribution in [3.63, 3.8) is 0 Å². The van der Waals surface area contributed by atoms with Crippen LogP contribution in [0.5, 0.6) is 0 Å². The molecule has 2 amide bonds. The van der Waals surface area contributed by atoms with Crippen LogP contribution in [0.4, 0.5) is 0 Å². The summed E-state index contributed by atoms with van der Waals surface area (Å²) in [5.74, 6) is 0.246. The third-order valence-corrected chi connectivity index (χ3v) is 5.27. The van der Waals surface area contributed by atoms with Crippen LogP contribution in [0.15, 0.2) is 24.5 Å². The van der Waals surface area contributed by atoms with Crippen LogP contribution >= 0.6 is 0 Å². The summed E-state index contributed by atoms with van der Waals surface area (Å²) in [5, 5.41) is 3.08. The zero-order valence-electron chi connectivity index (χ0n) is 14.2. The van der Waals surface area contributed by atoms with E-state index in [9.17, 15) is 9.59 Å². The molecular formula is C19H27N3O2. The van der Waals surface area contributed by atoms with Crippen molar-refractivity contribution >= 4 is 11.8 Å². The normalized spacial score (nSPS) is 25.5. The SMILES string of the molecule is O=C1NCCCCCCN(C(=O)Cc2ccncc2)C2CCCC12. The van der Waals surface area contributed by atoms with Gasteiger partial charge in [0.25, 0.3) is 0 Å². The largest absolute Gasteiger partial charge is 0.356 e. The van der Waals surface area contributed by atoms with Gasteiger partial charge in [-0.15, -0.1) is 0 Å². The Morgan fingerprint density at radius 2 is 1.92 bits per heavy atom. The fourth-order valence-electron chi connectivity index (χ4n) is 3.98. The highest BCUT2D eigenvalue weighted by Crippen LogP contribution is 2.31. The summed E-state index contributed by atoms with van der Waals surface area (Å²) < 4.78 is 0. The predicted molar refractivity (Wildman–Crippen MR) is 92.3 cm³/mol. The number of nitrogens with zero attached hydrogens (tertiary/aromatic N) is 2. The molecule has 2 aliphatic rings. The summed E-state index contributed by atoms with van der Waals surface area (Å²) in [5.41, 5.74) is 0.989. The molecule has 0 bridgehead atoms. The number of nitrogens with one attached hydrogen (secondary N) is 1. The van der Waals surface area contributed by atoms with Gasteiger partial charge in [0.1, 0.15) is 0 Å². The van der Waals surface area contributed by atoms with E-state index in [1.807, 2.05) is 17.0 Å². The van der Waals surface area contributed by atoms with Crippen molar-refractivity contribution in [1.29, 1.82) is 0 Å². The van der Waals surface area contributed by atoms with Crippen molar-refractivity contribution in [3.05, 3.63) is 30.1 Å². The summed E-state index contributed by atoms with van der Waals surface area (Å²) in [6.07, 6.45) is 11.0. The maximum absolute atomic E-state index is 12.9. The van der Waals surface area contributed by atoms with Gasteiger partial charge < -0.3 is 10.2 Å². The molecular weight excluding hydrogens is 302 g/mol. The number of carbonyl (C=O) groups is 2. The second-order valence-electron chi connectivity index (χ2n) is 6.93. The van der Waals surface area contributed by atoms with Crippen LogP contribution in [0.2, 0.25) is 0 Å². The Morgan fingerprint density at radius 1 is 1.12 bits per heavy atom. The third-order valence-electron chi connectivity index (χ3n) is 5.27. The molecule has 2 atom stereocenters. The molecule has 5 nitrogen and oxygen atoms in total. The van der Waals surface area contributed by atoms with Gasteiger partial charge in [-0.2, -0.15) is 0 Å². The van der Waals surface area contributed by atoms with Crippen molar-refractivity contribution in [2.24, 2.45) is 5.92 Å². The number of aromatic nitrogens is 1. The van der Waals surface area contributed by atoms with Crippen LogP contribution < -0.4 is 5.32 Å². The molecule has 0 aromatic carbocycles. The summed E-state index contributed by atoms with van der Waals surface area (Å²) in [7, 11) is 0. The van der Waals surface area contributed by atoms with Crippen LogP contribution in [0.1, 0.15) is 50.5 Å². The van der Waals surface area contributed by atoms with Gasteiger partial charge in [0, 0.05) is 31.5 Å². The first kappa shape index (κ1) is 16.9. The number of fused-ring (bicyclic) bond motifs is 1. The van der Waals surface area contributed by atoms with Gasteiger partial charge in [-0.3, -0.25) is 14.6 Å². The topological polar surface area (TPSA) is 62.3 Å². The van der Waals surface area contributed by atoms with E-state index in [4.69, 9.17) is 0 Å². The summed E-state index contributed by atoms with van der Waals surface area (Å²) in [6, 6.07) is 3.85. The number of hydrogen-bond acceptors (Lipinski definition) is 3. The quantitative estimate of drug-likeness (QED) is 0.906. The van der Waals surface area contributed by atoms with Crippen LogP contribution in [0.25, 0.3) is 0 Å². The number of amides is 2. The molecule has 1 aliphatic carbocycles. The molecule has 1 saturated carbocycles. The fraction of sp³-hybridized carbons (Fsp3) is 0.632. The predicted octanol–water partition coefficient (Wildman–Crippen LogP) is 2.31. The monoisotopic (exact) mass is 329 g/mol. The van der Waals surface area contributed by atoms with Crippen LogP contribution in [-0.4, -0.2) is 40.8 Å². The van der Waals surface area contributed by atoms with Crippen molar-refractivity contribution in [1.82, 2.24) is 15.2 Å². The molecule has 1 saturated heterocycles. The van der Waals surface area contributed by atoms with Gasteiger partial charge in [-0.1, -0.05) is 19.3 Å². The molecule has 1 aromatic heterocycles. The van der Waals surface area contributed by atoms with E-state index in [1.54, 1.807) is 12.4 Å². The Labute approximate surface area is 143 Å². The van der Waals surface area contributed by atoms with Gasteiger partial charge in [-0.05, 0) is 43.4 Å². The van der Waals surface area contributed by atoms with E-state index >= 15 is 0 Å². The van der Waals surface area contributed by atoms with Crippen molar-refractivity contribution in [2.45, 2.75) is 57.4 Å². The van der Waals surface area contributed by atoms with Gasteiger partial charge in [0.05, 0.1) is 12.3 Å². The second kappa shape index (κ2) is 8.27. The molecule has 3 rings (SSSR count). The molecule has 0 spiro atoms. The van der Waals surface area contributed by atoms with Crippen LogP contribution in [0.3, 0.4) is 0 Å². The summed E-state index contributed by atoms with van der Waals surface area (Å²) in [6.45, 7) is 1.55. The smallest absolute Gasteiger partial charge is 0.227 e. The number of hydrogen-bond donors (Lipinski definition) is 1. The number of carbonyl (C=O) groups excluding carboxylic acids is 2. The van der Waals surface area contributed by atoms with Gasteiger partial charge >= 0.3 is 0 Å². The summed E-state index contributed by atoms with van der Waals surface area (Å²) >= 11 is 0. The lowest BCUT2D eigenvalue weighted by molar-refractivity contribution is -0.136. The van der Waals surface area contributed by atoms with E-state index in [-0.39, 0.29) is 23.8 Å². The molecule has 0 radical (unpaired) electrons. The first-order chi connectivity index (χ1) is 11.8. The maximum atomic E-state index is 12.9. The maximum Gasteiger partial charge on any atom is 0.227 e. The van der Waals surface area contributed by atoms with E-state index in [1.165, 1.54) is 0 Å². The fourth-order valence-corrected chi connectivity index (χ4v) is 3.98. The minimum atomic E-state index is -0.0375. The van der Waals surface area contributed by atoms with E-state index < -0.39 is 0 Å². The Hall–Kier alpha value is -1.91. The molecule has 5 heteroatoms. The zero-order valence-corrected chi connectivity index (χ0v) is 14.2. The number of pyridine rings is 1. The van der Waals surface area contributed by atoms with Crippen molar-refractivity contribution in [3.8, 4) is 0 Å². The molecule has 1 N–H and O–H groups in total. The minimum absolute atomic E-state index is 0.0375. The highest BCUT2D eigenvalue weighted by atomic mass is 16.2. The second-order valence-corrected chi connectivity index (χ2v) is 6.93. The zero-order chi connectivity index (χ0) is 16.8. The van der Waals surface area contributed by atoms with Gasteiger partial charge in [-0.25, -0.2) is 0 Å². The Kier molecular flexibility index (Phi) is 5.83. The Morgan fingerprint density at radius 3 is 2.75 bits per heavy atom. The lowest BCUT2D eigenvalue weighted by Crippen LogP contribution is -2.47. The molecule has 2 fully saturated rings. The van der Waals surface area contributed by atoms with E-state index in [0.717, 1.165) is 63.6 Å². The Bertz CT molecular complexity index is 561. The lowest BCUT2D eigenvalue weighted by atomic mass is 9.99. The van der Waals surface area contributed by atoms with E-state index in [2.05, 4.69) is 10.3 Å². The molecule has 130 valence electrons. The van der Waals surface area contributed by atoms with Crippen LogP contribution in [-0.2, 0) is 16.0 Å². The number of rotatable bonds is 2. The molecule has 1 aliphatic heterocycles. The molecule has 24 heavy (non-hydrogen) atoms. The molecule has 1 aromatic rings. The summed E-state index contributed by atoms with van der Waals surface area (Å²) in [4.78, 5) is 31.4. The standard InChI is InChI=1S/C19H27N3O2/c23-18(14-15-8-11-20-12-9-15)22-13-4-2-1-3-10-21-19(24)16-6-5-7-17(16)22/h8-9,11-12,16-17H,1-7,10,13-14H2,(H,21,24). The highest BCUT2D eigenvalue weighted by Gasteiger charge is 2.38. The molecule has 2 heterocycles. The average Bonchev–Trinajstić information content (AvgIpc) is 3.06. The minimum Gasteiger partial charge on any atom is -0.356 e. The Balaban J connectivity index is 1.75. The van der Waals surface area contributed by atoms with Gasteiger partial charge in [0.2, 0.25) is 11.8 Å². The van der Waals surface area contributed by atoms with Crippen LogP contribution in [0, 0.1) is 5.92 Å². The highest BCUT2D eigenvalue weighted by molar-refractivity contribution is 5.83. The lowest BCUT2D eigenvalue weighted by Gasteiger charge is -2.32. The van der Waals surface area contributed by atoms with Crippen molar-refractivity contribution < 1.29 is 9.59 Å². The first-order valence-electron chi connectivity index (χ1n) is 9.22. The third kappa shape index (κ3) is 4.13.